The minimum absolute atomic E-state index is 0.0319. The molecule has 2 aromatic carbocycles. The molecular weight excluding hydrogens is 474 g/mol. The van der Waals surface area contributed by atoms with Gasteiger partial charge in [-0.25, -0.2) is 13.9 Å². The van der Waals surface area contributed by atoms with Gasteiger partial charge in [0.05, 0.1) is 29.8 Å². The number of imidazole rings is 1. The molecule has 0 atom stereocenters. The smallest absolute Gasteiger partial charge is 0.299 e. The molecule has 0 amide bonds. The van der Waals surface area contributed by atoms with Crippen LogP contribution in [0.3, 0.4) is 0 Å². The third-order valence-electron chi connectivity index (χ3n) is 5.81. The Morgan fingerprint density at radius 3 is 2.33 bits per heavy atom. The van der Waals surface area contributed by atoms with Crippen LogP contribution in [-0.2, 0) is 30.9 Å². The summed E-state index contributed by atoms with van der Waals surface area (Å²) < 4.78 is 56.1. The highest BCUT2D eigenvalue weighted by atomic mass is 19.4. The lowest BCUT2D eigenvalue weighted by molar-refractivity contribution is -0.137. The number of aryl methyl sites for hydroxylation is 1. The Bertz CT molecular complexity index is 1570. The van der Waals surface area contributed by atoms with Crippen LogP contribution in [0.4, 0.5) is 17.6 Å². The van der Waals surface area contributed by atoms with Gasteiger partial charge >= 0.3 is 6.18 Å². The summed E-state index contributed by atoms with van der Waals surface area (Å²) in [6, 6.07) is 11.1. The largest absolute Gasteiger partial charge is 0.416 e. The quantitative estimate of drug-likeness (QED) is 0.301. The number of hydrogen-bond acceptors (Lipinski definition) is 4. The van der Waals surface area contributed by atoms with Gasteiger partial charge in [-0.05, 0) is 35.4 Å². The molecule has 3 aromatic heterocycles. The first-order valence-electron chi connectivity index (χ1n) is 11.0. The number of aromatic nitrogens is 5. The second-order valence-corrected chi connectivity index (χ2v) is 8.45. The number of Topliss-reactive ketones (excluding diaryl/α,β-unsaturated/α-hetero) is 1. The number of carbonyl (C=O) groups excluding carboxylic acids is 1. The Hall–Kier alpha value is -4.34. The van der Waals surface area contributed by atoms with Gasteiger partial charge in [0.1, 0.15) is 11.6 Å². The van der Waals surface area contributed by atoms with Crippen molar-refractivity contribution >= 4 is 11.4 Å². The van der Waals surface area contributed by atoms with Crippen LogP contribution in [-0.4, -0.2) is 30.2 Å². The second-order valence-electron chi connectivity index (χ2n) is 8.45. The first-order valence-corrected chi connectivity index (χ1v) is 11.0. The third-order valence-corrected chi connectivity index (χ3v) is 5.81. The van der Waals surface area contributed by atoms with Crippen molar-refractivity contribution in [3.8, 4) is 22.4 Å². The molecular formula is C26H19F4N5O. The number of carbonyl (C=O) groups is 1. The van der Waals surface area contributed by atoms with Crippen LogP contribution < -0.4 is 0 Å². The van der Waals surface area contributed by atoms with E-state index in [4.69, 9.17) is 0 Å². The van der Waals surface area contributed by atoms with Gasteiger partial charge in [0.15, 0.2) is 5.65 Å². The minimum atomic E-state index is -4.60. The van der Waals surface area contributed by atoms with Crippen molar-refractivity contribution in [3.63, 3.8) is 0 Å². The Morgan fingerprint density at radius 2 is 1.64 bits per heavy atom. The topological polar surface area (TPSA) is 65.1 Å². The van der Waals surface area contributed by atoms with Crippen LogP contribution in [0.25, 0.3) is 28.0 Å². The summed E-state index contributed by atoms with van der Waals surface area (Å²) in [6.07, 6.45) is 2.01. The summed E-state index contributed by atoms with van der Waals surface area (Å²) in [7, 11) is 1.84. The predicted octanol–water partition coefficient (Wildman–Crippen LogP) is 5.31. The lowest BCUT2D eigenvalue weighted by Crippen LogP contribution is -2.11. The molecule has 0 N–H and O–H groups in total. The van der Waals surface area contributed by atoms with Gasteiger partial charge < -0.3 is 0 Å². The van der Waals surface area contributed by atoms with Crippen LogP contribution in [0.2, 0.25) is 0 Å². The van der Waals surface area contributed by atoms with Gasteiger partial charge in [-0.15, -0.1) is 0 Å². The number of alkyl halides is 3. The average Bonchev–Trinajstić information content (AvgIpc) is 3.46. The standard InChI is InChI=1S/C26H19F4N5O/c1-34-15-20(13-32-34)19-11-25-31-14-24(35(25)33-12-19)17-4-2-16(3-5-17)8-22(36)10-18-9-21(26(28,29)30)6-7-23(18)27/h2-7,9,11-15H,8,10H2,1H3. The van der Waals surface area contributed by atoms with E-state index in [1.807, 2.05) is 31.4 Å². The fourth-order valence-corrected chi connectivity index (χ4v) is 3.98. The molecule has 0 bridgehead atoms. The van der Waals surface area contributed by atoms with Gasteiger partial charge in [0.25, 0.3) is 0 Å². The van der Waals surface area contributed by atoms with E-state index in [1.54, 1.807) is 39.9 Å². The highest BCUT2D eigenvalue weighted by Crippen LogP contribution is 2.30. The lowest BCUT2D eigenvalue weighted by Gasteiger charge is -2.10. The third kappa shape index (κ3) is 4.74. The summed E-state index contributed by atoms with van der Waals surface area (Å²) >= 11 is 0. The van der Waals surface area contributed by atoms with E-state index in [2.05, 4.69) is 15.2 Å². The van der Waals surface area contributed by atoms with Crippen molar-refractivity contribution in [2.24, 2.45) is 7.05 Å². The van der Waals surface area contributed by atoms with Gasteiger partial charge in [-0.2, -0.15) is 23.4 Å². The summed E-state index contributed by atoms with van der Waals surface area (Å²) in [6.45, 7) is 0. The van der Waals surface area contributed by atoms with E-state index < -0.39 is 24.0 Å². The van der Waals surface area contributed by atoms with Crippen LogP contribution in [0.1, 0.15) is 16.7 Å². The van der Waals surface area contributed by atoms with Crippen LogP contribution in [0, 0.1) is 5.82 Å². The van der Waals surface area contributed by atoms with Gasteiger partial charge in [0, 0.05) is 42.8 Å². The van der Waals surface area contributed by atoms with Crippen molar-refractivity contribution in [1.82, 2.24) is 24.4 Å². The molecule has 5 rings (SSSR count). The number of hydrogen-bond donors (Lipinski definition) is 0. The van der Waals surface area contributed by atoms with E-state index >= 15 is 0 Å². The van der Waals surface area contributed by atoms with Crippen molar-refractivity contribution in [1.29, 1.82) is 0 Å². The van der Waals surface area contributed by atoms with Gasteiger partial charge in [-0.3, -0.25) is 9.48 Å². The van der Waals surface area contributed by atoms with Crippen LogP contribution in [0.15, 0.2) is 73.3 Å². The van der Waals surface area contributed by atoms with E-state index in [0.717, 1.165) is 28.5 Å². The average molecular weight is 493 g/mol. The fourth-order valence-electron chi connectivity index (χ4n) is 3.98. The SMILES string of the molecule is Cn1cc(-c2cnn3c(-c4ccc(CC(=O)Cc5cc(C(F)(F)F)ccc5F)cc4)cnc3c2)cn1. The van der Waals surface area contributed by atoms with Crippen molar-refractivity contribution in [2.45, 2.75) is 19.0 Å². The Labute approximate surface area is 202 Å². The van der Waals surface area contributed by atoms with Crippen molar-refractivity contribution in [3.05, 3.63) is 95.8 Å². The first-order chi connectivity index (χ1) is 17.2. The molecule has 3 heterocycles. The maximum atomic E-state index is 14.0. The highest BCUT2D eigenvalue weighted by molar-refractivity contribution is 5.83. The zero-order chi connectivity index (χ0) is 25.4. The van der Waals surface area contributed by atoms with E-state index in [9.17, 15) is 22.4 Å². The number of nitrogens with zero attached hydrogens (tertiary/aromatic N) is 5. The zero-order valence-electron chi connectivity index (χ0n) is 19.0. The number of rotatable bonds is 6. The molecule has 0 fully saturated rings. The molecule has 0 saturated carbocycles. The predicted molar refractivity (Wildman–Crippen MR) is 124 cm³/mol. The molecule has 0 aliphatic heterocycles. The van der Waals surface area contributed by atoms with Crippen LogP contribution in [0.5, 0.6) is 0 Å². The summed E-state index contributed by atoms with van der Waals surface area (Å²) in [5, 5.41) is 8.67. The molecule has 0 aliphatic carbocycles. The number of ketones is 1. The molecule has 0 unspecified atom stereocenters. The summed E-state index contributed by atoms with van der Waals surface area (Å²) in [5.41, 5.74) is 3.47. The van der Waals surface area contributed by atoms with Crippen LogP contribution >= 0.6 is 0 Å². The highest BCUT2D eigenvalue weighted by Gasteiger charge is 2.31. The molecule has 0 saturated heterocycles. The maximum Gasteiger partial charge on any atom is 0.416 e. The Kier molecular flexibility index (Phi) is 5.87. The van der Waals surface area contributed by atoms with E-state index in [1.165, 1.54) is 0 Å². The molecule has 0 aliphatic rings. The normalized spacial score (nSPS) is 11.8. The Morgan fingerprint density at radius 1 is 0.889 bits per heavy atom. The zero-order valence-corrected chi connectivity index (χ0v) is 19.0. The second kappa shape index (κ2) is 9.03. The first kappa shape index (κ1) is 23.4. The molecule has 6 nitrogen and oxygen atoms in total. The minimum Gasteiger partial charge on any atom is -0.299 e. The van der Waals surface area contributed by atoms with Crippen molar-refractivity contribution < 1.29 is 22.4 Å². The molecule has 0 radical (unpaired) electrons. The molecule has 182 valence electrons. The molecule has 10 heteroatoms. The number of halogens is 4. The van der Waals surface area contributed by atoms with Gasteiger partial charge in [0.2, 0.25) is 0 Å². The summed E-state index contributed by atoms with van der Waals surface area (Å²) in [5.74, 6) is -1.22. The molecule has 36 heavy (non-hydrogen) atoms. The molecule has 0 spiro atoms. The lowest BCUT2D eigenvalue weighted by atomic mass is 9.99. The van der Waals surface area contributed by atoms with Crippen molar-refractivity contribution in [2.75, 3.05) is 0 Å². The maximum absolute atomic E-state index is 14.0. The number of benzene rings is 2. The summed E-state index contributed by atoms with van der Waals surface area (Å²) in [4.78, 5) is 16.9. The van der Waals surface area contributed by atoms with E-state index in [0.29, 0.717) is 23.3 Å². The van der Waals surface area contributed by atoms with Gasteiger partial charge in [-0.1, -0.05) is 24.3 Å². The Balaban J connectivity index is 1.31. The molecule has 5 aromatic rings. The number of fused-ring (bicyclic) bond motifs is 1. The monoisotopic (exact) mass is 493 g/mol. The van der Waals surface area contributed by atoms with E-state index in [-0.39, 0.29) is 17.8 Å². The fraction of sp³-hybridized carbons (Fsp3) is 0.154.